The van der Waals surface area contributed by atoms with Crippen molar-refractivity contribution in [2.45, 2.75) is 123 Å². The van der Waals surface area contributed by atoms with E-state index < -0.39 is 11.9 Å². The van der Waals surface area contributed by atoms with Gasteiger partial charge in [0.1, 0.15) is 6.61 Å². The molecule has 3 aliphatic carbocycles. The van der Waals surface area contributed by atoms with Gasteiger partial charge in [0, 0.05) is 11.8 Å². The van der Waals surface area contributed by atoms with Gasteiger partial charge in [-0.05, 0) is 82.0 Å². The van der Waals surface area contributed by atoms with Crippen molar-refractivity contribution in [1.82, 2.24) is 0 Å². The van der Waals surface area contributed by atoms with Gasteiger partial charge >= 0.3 is 11.9 Å². The van der Waals surface area contributed by atoms with Crippen LogP contribution in [0.3, 0.4) is 0 Å². The van der Waals surface area contributed by atoms with E-state index >= 15 is 0 Å². The van der Waals surface area contributed by atoms with E-state index in [1.54, 1.807) is 0 Å². The van der Waals surface area contributed by atoms with Crippen LogP contribution in [0.15, 0.2) is 23.8 Å². The van der Waals surface area contributed by atoms with Crippen molar-refractivity contribution >= 4 is 11.9 Å². The van der Waals surface area contributed by atoms with Crippen LogP contribution in [-0.2, 0) is 28.5 Å². The number of carbonyl (C=O) groups excluding carboxylic acids is 2. The van der Waals surface area contributed by atoms with Crippen LogP contribution >= 0.6 is 0 Å². The number of cyclic esters (lactones) is 1. The lowest BCUT2D eigenvalue weighted by molar-refractivity contribution is -0.344. The molecular formula is C32H48O6. The summed E-state index contributed by atoms with van der Waals surface area (Å²) in [4.78, 5) is 25.2. The first-order valence-electron chi connectivity index (χ1n) is 15.1. The topological polar surface area (TPSA) is 71.1 Å². The Balaban J connectivity index is 1.24. The predicted octanol–water partition coefficient (Wildman–Crippen LogP) is 6.67. The average molecular weight is 529 g/mol. The van der Waals surface area contributed by atoms with Gasteiger partial charge in [-0.1, -0.05) is 57.8 Å². The van der Waals surface area contributed by atoms with Gasteiger partial charge in [-0.15, -0.1) is 0 Å². The fourth-order valence-corrected chi connectivity index (χ4v) is 8.56. The van der Waals surface area contributed by atoms with Gasteiger partial charge in [-0.2, -0.15) is 0 Å². The van der Waals surface area contributed by atoms with Gasteiger partial charge in [0.15, 0.2) is 11.9 Å². The monoisotopic (exact) mass is 528 g/mol. The molecule has 38 heavy (non-hydrogen) atoms. The third-order valence-electron chi connectivity index (χ3n) is 10.7. The van der Waals surface area contributed by atoms with Crippen molar-refractivity contribution in [1.29, 1.82) is 0 Å². The molecule has 0 aromatic rings. The molecule has 5 rings (SSSR count). The maximum absolute atomic E-state index is 12.6. The quantitative estimate of drug-likeness (QED) is 0.209. The molecule has 0 amide bonds. The molecule has 0 aromatic carbocycles. The Morgan fingerprint density at radius 2 is 1.87 bits per heavy atom. The summed E-state index contributed by atoms with van der Waals surface area (Å²) in [7, 11) is 0. The lowest BCUT2D eigenvalue weighted by Crippen LogP contribution is -2.62. The Bertz CT molecular complexity index is 961. The number of hydrogen-bond donors (Lipinski definition) is 0. The predicted molar refractivity (Wildman–Crippen MR) is 145 cm³/mol. The van der Waals surface area contributed by atoms with Crippen molar-refractivity contribution < 1.29 is 28.5 Å². The fraction of sp³-hybridized carbons (Fsp3) is 0.812. The summed E-state index contributed by atoms with van der Waals surface area (Å²) in [5, 5.41) is 0. The average Bonchev–Trinajstić information content (AvgIpc) is 3.49. The van der Waals surface area contributed by atoms with Gasteiger partial charge in [0.05, 0.1) is 18.3 Å². The van der Waals surface area contributed by atoms with E-state index in [0.717, 1.165) is 44.4 Å². The Morgan fingerprint density at radius 3 is 2.63 bits per heavy atom. The highest BCUT2D eigenvalue weighted by Crippen LogP contribution is 2.63. The molecule has 0 unspecified atom stereocenters. The van der Waals surface area contributed by atoms with E-state index in [4.69, 9.17) is 18.9 Å². The maximum Gasteiger partial charge on any atom is 0.337 e. The SMILES string of the molecule is C=C1CC[C@@H]2[C@]3(C)COC(C)(C)O[C@@H]3CC[C@@]2(C)[C@@H]1C/C=C1/C(=O)OC[C@H]1OC(=O)CCCC1CCCC1. The Kier molecular flexibility index (Phi) is 7.87. The van der Waals surface area contributed by atoms with Crippen LogP contribution in [0, 0.1) is 28.6 Å². The molecule has 212 valence electrons. The van der Waals surface area contributed by atoms with Crippen LogP contribution in [0.5, 0.6) is 0 Å². The number of esters is 2. The molecule has 3 saturated carbocycles. The Morgan fingerprint density at radius 1 is 1.11 bits per heavy atom. The van der Waals surface area contributed by atoms with Crippen LogP contribution in [-0.4, -0.2) is 43.1 Å². The molecule has 6 heteroatoms. The van der Waals surface area contributed by atoms with Crippen molar-refractivity contribution in [2.75, 3.05) is 13.2 Å². The molecule has 2 saturated heterocycles. The second-order valence-corrected chi connectivity index (χ2v) is 13.7. The van der Waals surface area contributed by atoms with E-state index in [1.807, 2.05) is 19.9 Å². The first kappa shape index (κ1) is 27.9. The lowest BCUT2D eigenvalue weighted by Gasteiger charge is -2.63. The summed E-state index contributed by atoms with van der Waals surface area (Å²) in [6.45, 7) is 14.1. The molecule has 2 aliphatic heterocycles. The van der Waals surface area contributed by atoms with Crippen molar-refractivity contribution in [3.63, 3.8) is 0 Å². The Labute approximate surface area is 228 Å². The number of allylic oxidation sites excluding steroid dienone is 2. The zero-order chi connectivity index (χ0) is 27.1. The lowest BCUT2D eigenvalue weighted by atomic mass is 9.46. The van der Waals surface area contributed by atoms with Gasteiger partial charge in [0.2, 0.25) is 0 Å². The first-order chi connectivity index (χ1) is 18.0. The van der Waals surface area contributed by atoms with Gasteiger partial charge in [-0.25, -0.2) is 4.79 Å². The van der Waals surface area contributed by atoms with Crippen molar-refractivity contribution in [3.8, 4) is 0 Å². The van der Waals surface area contributed by atoms with E-state index in [-0.39, 0.29) is 41.4 Å². The smallest absolute Gasteiger partial charge is 0.337 e. The van der Waals surface area contributed by atoms with Gasteiger partial charge in [0.25, 0.3) is 0 Å². The summed E-state index contributed by atoms with van der Waals surface area (Å²) in [5.41, 5.74) is 1.75. The third kappa shape index (κ3) is 5.37. The molecule has 0 spiro atoms. The summed E-state index contributed by atoms with van der Waals surface area (Å²) >= 11 is 0. The van der Waals surface area contributed by atoms with E-state index in [2.05, 4.69) is 20.4 Å². The molecule has 0 radical (unpaired) electrons. The minimum Gasteiger partial charge on any atom is -0.458 e. The third-order valence-corrected chi connectivity index (χ3v) is 10.7. The number of rotatable bonds is 7. The highest BCUT2D eigenvalue weighted by molar-refractivity contribution is 5.92. The fourth-order valence-electron chi connectivity index (χ4n) is 8.56. The van der Waals surface area contributed by atoms with Crippen molar-refractivity contribution in [3.05, 3.63) is 23.8 Å². The maximum atomic E-state index is 12.6. The largest absolute Gasteiger partial charge is 0.458 e. The normalized spacial score (nSPS) is 40.1. The van der Waals surface area contributed by atoms with E-state index in [9.17, 15) is 9.59 Å². The summed E-state index contributed by atoms with van der Waals surface area (Å²) in [6.07, 6.45) is 14.0. The molecule has 5 fully saturated rings. The number of hydrogen-bond acceptors (Lipinski definition) is 6. The molecule has 6 atom stereocenters. The molecule has 6 nitrogen and oxygen atoms in total. The molecule has 2 heterocycles. The summed E-state index contributed by atoms with van der Waals surface area (Å²) in [5.74, 6) is 0.340. The first-order valence-corrected chi connectivity index (χ1v) is 15.1. The minimum absolute atomic E-state index is 0.0424. The standard InChI is InChI=1S/C32H48O6/c1-21-13-16-26-31(4,18-17-27-32(26,5)20-36-30(2,3)38-27)24(21)15-14-23-25(19-35-29(23)34)37-28(33)12-8-11-22-9-6-7-10-22/h14,22,24-27H,1,6-13,15-20H2,2-5H3/b23-14+/t24-,25-,26+,27-,31+,32+/m1/s1. The van der Waals surface area contributed by atoms with Crippen molar-refractivity contribution in [2.24, 2.45) is 28.6 Å². The van der Waals surface area contributed by atoms with Gasteiger partial charge < -0.3 is 18.9 Å². The highest BCUT2D eigenvalue weighted by Gasteiger charge is 2.60. The molecule has 0 aromatic heterocycles. The molecule has 5 aliphatic rings. The van der Waals surface area contributed by atoms with Crippen LogP contribution < -0.4 is 0 Å². The second kappa shape index (κ2) is 10.7. The summed E-state index contributed by atoms with van der Waals surface area (Å²) < 4.78 is 23.7. The zero-order valence-electron chi connectivity index (χ0n) is 24.0. The van der Waals surface area contributed by atoms with E-state index in [0.29, 0.717) is 30.9 Å². The van der Waals surface area contributed by atoms with Crippen LogP contribution in [0.2, 0.25) is 0 Å². The zero-order valence-corrected chi connectivity index (χ0v) is 24.0. The highest BCUT2D eigenvalue weighted by atomic mass is 16.7. The van der Waals surface area contributed by atoms with Crippen LogP contribution in [0.1, 0.15) is 105 Å². The molecule has 0 N–H and O–H groups in total. The number of carbonyl (C=O) groups is 2. The summed E-state index contributed by atoms with van der Waals surface area (Å²) in [6, 6.07) is 0. The molecule has 0 bridgehead atoms. The molecular weight excluding hydrogens is 480 g/mol. The van der Waals surface area contributed by atoms with Crippen LogP contribution in [0.4, 0.5) is 0 Å². The number of fused-ring (bicyclic) bond motifs is 3. The van der Waals surface area contributed by atoms with Gasteiger partial charge in [-0.3, -0.25) is 4.79 Å². The van der Waals surface area contributed by atoms with E-state index in [1.165, 1.54) is 31.3 Å². The second-order valence-electron chi connectivity index (χ2n) is 13.7. The number of ether oxygens (including phenoxy) is 4. The minimum atomic E-state index is -0.599. The van der Waals surface area contributed by atoms with Crippen LogP contribution in [0.25, 0.3) is 0 Å². The Hall–Kier alpha value is -1.66.